The molecule has 4 nitrogen and oxygen atoms in total. The molecule has 0 amide bonds. The van der Waals surface area contributed by atoms with Gasteiger partial charge >= 0.3 is 5.97 Å². The molecule has 1 aromatic rings. The second-order valence-corrected chi connectivity index (χ2v) is 3.59. The summed E-state index contributed by atoms with van der Waals surface area (Å²) in [5.74, 6) is -0.553. The molecule has 1 unspecified atom stereocenters. The van der Waals surface area contributed by atoms with E-state index in [9.17, 15) is 4.79 Å². The van der Waals surface area contributed by atoms with E-state index in [0.29, 0.717) is 12.3 Å². The molecule has 4 heteroatoms. The van der Waals surface area contributed by atoms with Crippen molar-refractivity contribution in [2.45, 2.75) is 12.5 Å². The second-order valence-electron chi connectivity index (χ2n) is 3.59. The normalized spacial score (nSPS) is 19.4. The van der Waals surface area contributed by atoms with Crippen LogP contribution in [0.5, 0.6) is 5.75 Å². The number of ether oxygens (including phenoxy) is 1. The van der Waals surface area contributed by atoms with E-state index < -0.39 is 11.9 Å². The van der Waals surface area contributed by atoms with E-state index in [1.54, 1.807) is 7.11 Å². The Hall–Kier alpha value is -1.55. The number of nitrogens with one attached hydrogen (secondary N) is 1. The summed E-state index contributed by atoms with van der Waals surface area (Å²) in [5.41, 5.74) is 1.90. The first kappa shape index (κ1) is 9.98. The number of carbonyl (C=O) groups is 1. The van der Waals surface area contributed by atoms with Crippen LogP contribution < -0.4 is 10.1 Å². The largest absolute Gasteiger partial charge is 0.497 e. The van der Waals surface area contributed by atoms with Crippen molar-refractivity contribution in [3.05, 3.63) is 29.3 Å². The maximum Gasteiger partial charge on any atom is 0.312 e. The van der Waals surface area contributed by atoms with Crippen molar-refractivity contribution in [2.75, 3.05) is 13.7 Å². The van der Waals surface area contributed by atoms with Crippen LogP contribution in [0.4, 0.5) is 0 Å². The molecule has 0 spiro atoms. The van der Waals surface area contributed by atoms with Gasteiger partial charge in [0.1, 0.15) is 5.75 Å². The molecule has 0 saturated carbocycles. The van der Waals surface area contributed by atoms with Crippen LogP contribution in [0.1, 0.15) is 17.0 Å². The Bertz CT molecular complexity index is 389. The van der Waals surface area contributed by atoms with E-state index in [1.807, 2.05) is 18.2 Å². The van der Waals surface area contributed by atoms with E-state index in [-0.39, 0.29) is 0 Å². The van der Waals surface area contributed by atoms with Gasteiger partial charge in [0, 0.05) is 13.1 Å². The van der Waals surface area contributed by atoms with E-state index in [1.165, 1.54) is 0 Å². The van der Waals surface area contributed by atoms with Crippen molar-refractivity contribution in [1.29, 1.82) is 0 Å². The Labute approximate surface area is 87.9 Å². The molecule has 15 heavy (non-hydrogen) atoms. The first-order valence-electron chi connectivity index (χ1n) is 4.82. The summed E-state index contributed by atoms with van der Waals surface area (Å²) >= 11 is 0. The fourth-order valence-electron chi connectivity index (χ4n) is 1.87. The summed E-state index contributed by atoms with van der Waals surface area (Å²) in [5, 5.41) is 12.2. The number of methoxy groups -OCH3 is 1. The zero-order chi connectivity index (χ0) is 10.8. The van der Waals surface area contributed by atoms with Gasteiger partial charge in [-0.25, -0.2) is 0 Å². The first-order valence-corrected chi connectivity index (χ1v) is 4.82. The number of carboxylic acids is 1. The van der Waals surface area contributed by atoms with E-state index in [0.717, 1.165) is 17.7 Å². The predicted octanol–water partition coefficient (Wildman–Crippen LogP) is 0.967. The molecule has 2 N–H and O–H groups in total. The third-order valence-corrected chi connectivity index (χ3v) is 2.69. The third-order valence-electron chi connectivity index (χ3n) is 2.69. The highest BCUT2D eigenvalue weighted by molar-refractivity contribution is 5.77. The van der Waals surface area contributed by atoms with Gasteiger partial charge in [-0.2, -0.15) is 0 Å². The van der Waals surface area contributed by atoms with Gasteiger partial charge in [-0.15, -0.1) is 0 Å². The number of hydrogen-bond donors (Lipinski definition) is 2. The summed E-state index contributed by atoms with van der Waals surface area (Å²) < 4.78 is 5.09. The minimum atomic E-state index is -0.795. The Morgan fingerprint density at radius 3 is 3.07 bits per heavy atom. The van der Waals surface area contributed by atoms with Crippen LogP contribution in [-0.4, -0.2) is 24.7 Å². The average molecular weight is 207 g/mol. The molecule has 0 aliphatic carbocycles. The molecule has 1 aliphatic heterocycles. The average Bonchev–Trinajstić information content (AvgIpc) is 2.27. The van der Waals surface area contributed by atoms with E-state index in [4.69, 9.17) is 9.84 Å². The lowest BCUT2D eigenvalue weighted by Crippen LogP contribution is -2.32. The molecule has 80 valence electrons. The fraction of sp³-hybridized carbons (Fsp3) is 0.364. The maximum atomic E-state index is 11.0. The smallest absolute Gasteiger partial charge is 0.312 e. The van der Waals surface area contributed by atoms with Crippen LogP contribution in [0.15, 0.2) is 18.2 Å². The quantitative estimate of drug-likeness (QED) is 0.758. The van der Waals surface area contributed by atoms with Gasteiger partial charge in [-0.1, -0.05) is 6.07 Å². The fourth-order valence-corrected chi connectivity index (χ4v) is 1.87. The number of fused-ring (bicyclic) bond motifs is 1. The lowest BCUT2D eigenvalue weighted by molar-refractivity contribution is -0.138. The van der Waals surface area contributed by atoms with Crippen LogP contribution >= 0.6 is 0 Å². The first-order chi connectivity index (χ1) is 7.22. The van der Waals surface area contributed by atoms with Gasteiger partial charge in [-0.05, 0) is 23.3 Å². The van der Waals surface area contributed by atoms with Crippen molar-refractivity contribution in [1.82, 2.24) is 5.32 Å². The highest BCUT2D eigenvalue weighted by Gasteiger charge is 2.26. The number of aliphatic carboxylic acids is 1. The highest BCUT2D eigenvalue weighted by Crippen LogP contribution is 2.27. The summed E-state index contributed by atoms with van der Waals surface area (Å²) in [4.78, 5) is 11.0. The summed E-state index contributed by atoms with van der Waals surface area (Å²) in [7, 11) is 1.58. The maximum absolute atomic E-state index is 11.0. The molecule has 0 saturated heterocycles. The Balaban J connectivity index is 2.43. The predicted molar refractivity (Wildman–Crippen MR) is 55.1 cm³/mol. The summed E-state index contributed by atoms with van der Waals surface area (Å²) in [6.45, 7) is 1.21. The van der Waals surface area contributed by atoms with Gasteiger partial charge in [0.15, 0.2) is 0 Å². The molecule has 2 rings (SSSR count). The van der Waals surface area contributed by atoms with Crippen LogP contribution in [-0.2, 0) is 11.3 Å². The zero-order valence-corrected chi connectivity index (χ0v) is 8.49. The van der Waals surface area contributed by atoms with E-state index in [2.05, 4.69) is 5.32 Å². The third kappa shape index (κ3) is 1.80. The lowest BCUT2D eigenvalue weighted by Gasteiger charge is -2.23. The SMILES string of the molecule is COc1ccc2c(c1)C(C(=O)O)CNC2. The minimum absolute atomic E-state index is 0.469. The number of rotatable bonds is 2. The van der Waals surface area contributed by atoms with Gasteiger partial charge in [-0.3, -0.25) is 4.79 Å². The number of benzene rings is 1. The standard InChI is InChI=1S/C11H13NO3/c1-15-8-3-2-7-5-12-6-10(11(13)14)9(7)4-8/h2-4,10,12H,5-6H2,1H3,(H,13,14). The molecule has 0 bridgehead atoms. The van der Waals surface area contributed by atoms with Crippen molar-refractivity contribution in [2.24, 2.45) is 0 Å². The Morgan fingerprint density at radius 1 is 1.60 bits per heavy atom. The second kappa shape index (κ2) is 3.90. The van der Waals surface area contributed by atoms with Gasteiger partial charge in [0.2, 0.25) is 0 Å². The minimum Gasteiger partial charge on any atom is -0.497 e. The Morgan fingerprint density at radius 2 is 2.40 bits per heavy atom. The molecular weight excluding hydrogens is 194 g/mol. The Kier molecular flexibility index (Phi) is 2.60. The van der Waals surface area contributed by atoms with Crippen LogP contribution in [0.3, 0.4) is 0 Å². The summed E-state index contributed by atoms with van der Waals surface area (Å²) in [6, 6.07) is 5.58. The zero-order valence-electron chi connectivity index (χ0n) is 8.49. The molecule has 0 radical (unpaired) electrons. The van der Waals surface area contributed by atoms with Crippen LogP contribution in [0.25, 0.3) is 0 Å². The van der Waals surface area contributed by atoms with Crippen molar-refractivity contribution in [3.63, 3.8) is 0 Å². The van der Waals surface area contributed by atoms with Gasteiger partial charge < -0.3 is 15.2 Å². The van der Waals surface area contributed by atoms with Crippen molar-refractivity contribution in [3.8, 4) is 5.75 Å². The van der Waals surface area contributed by atoms with Crippen LogP contribution in [0.2, 0.25) is 0 Å². The number of carboxylic acid groups (broad SMARTS) is 1. The molecule has 1 heterocycles. The van der Waals surface area contributed by atoms with Crippen molar-refractivity contribution >= 4 is 5.97 Å². The summed E-state index contributed by atoms with van der Waals surface area (Å²) in [6.07, 6.45) is 0. The molecule has 1 aliphatic rings. The molecule has 1 atom stereocenters. The van der Waals surface area contributed by atoms with Crippen molar-refractivity contribution < 1.29 is 14.6 Å². The molecule has 1 aromatic carbocycles. The number of hydrogen-bond acceptors (Lipinski definition) is 3. The highest BCUT2D eigenvalue weighted by atomic mass is 16.5. The van der Waals surface area contributed by atoms with E-state index >= 15 is 0 Å². The monoisotopic (exact) mass is 207 g/mol. The lowest BCUT2D eigenvalue weighted by atomic mass is 9.91. The van der Waals surface area contributed by atoms with Crippen LogP contribution in [0, 0.1) is 0 Å². The van der Waals surface area contributed by atoms with Gasteiger partial charge in [0.05, 0.1) is 13.0 Å². The van der Waals surface area contributed by atoms with Gasteiger partial charge in [0.25, 0.3) is 0 Å². The molecule has 0 fully saturated rings. The molecule has 0 aromatic heterocycles. The molecular formula is C11H13NO3. The topological polar surface area (TPSA) is 58.6 Å².